The van der Waals surface area contributed by atoms with Crippen molar-refractivity contribution in [3.05, 3.63) is 22.4 Å². The van der Waals surface area contributed by atoms with Crippen LogP contribution in [0.15, 0.2) is 17.5 Å². The number of thiophene rings is 1. The molecule has 1 N–H and O–H groups in total. The molecule has 96 valence electrons. The van der Waals surface area contributed by atoms with E-state index >= 15 is 0 Å². The van der Waals surface area contributed by atoms with Crippen molar-refractivity contribution in [2.45, 2.75) is 45.3 Å². The zero-order chi connectivity index (χ0) is 12.4. The minimum atomic E-state index is 0.560. The Labute approximate surface area is 109 Å². The maximum atomic E-state index is 3.45. The molecule has 0 amide bonds. The van der Waals surface area contributed by atoms with E-state index in [1.807, 2.05) is 11.3 Å². The molecule has 0 aromatic carbocycles. The number of hydrogen-bond donors (Lipinski definition) is 1. The first kappa shape index (κ1) is 13.1. The Morgan fingerprint density at radius 3 is 2.82 bits per heavy atom. The maximum Gasteiger partial charge on any atom is 0.0416 e. The number of nitrogens with one attached hydrogen (secondary N) is 1. The van der Waals surface area contributed by atoms with E-state index in [-0.39, 0.29) is 0 Å². The summed E-state index contributed by atoms with van der Waals surface area (Å²) in [5.41, 5.74) is 0. The summed E-state index contributed by atoms with van der Waals surface area (Å²) >= 11 is 1.88. The highest BCUT2D eigenvalue weighted by molar-refractivity contribution is 7.10. The second-order valence-electron chi connectivity index (χ2n) is 5.21. The van der Waals surface area contributed by atoms with Crippen molar-refractivity contribution in [3.8, 4) is 0 Å². The van der Waals surface area contributed by atoms with Crippen LogP contribution in [0.2, 0.25) is 0 Å². The van der Waals surface area contributed by atoms with Gasteiger partial charge in [0.05, 0.1) is 0 Å². The van der Waals surface area contributed by atoms with Crippen molar-refractivity contribution < 1.29 is 0 Å². The van der Waals surface area contributed by atoms with Gasteiger partial charge >= 0.3 is 0 Å². The monoisotopic (exact) mass is 252 g/mol. The van der Waals surface area contributed by atoms with Gasteiger partial charge in [-0.05, 0) is 44.7 Å². The Morgan fingerprint density at radius 1 is 1.47 bits per heavy atom. The van der Waals surface area contributed by atoms with Crippen molar-refractivity contribution in [2.75, 3.05) is 13.6 Å². The van der Waals surface area contributed by atoms with Gasteiger partial charge in [0.15, 0.2) is 0 Å². The third-order valence-electron chi connectivity index (χ3n) is 4.44. The van der Waals surface area contributed by atoms with Crippen molar-refractivity contribution in [3.63, 3.8) is 0 Å². The molecule has 1 fully saturated rings. The highest BCUT2D eigenvalue weighted by atomic mass is 32.1. The van der Waals surface area contributed by atoms with Crippen LogP contribution in [0.3, 0.4) is 0 Å². The molecule has 3 heteroatoms. The minimum Gasteiger partial charge on any atom is -0.317 e. The Kier molecular flexibility index (Phi) is 4.23. The molecule has 0 bridgehead atoms. The van der Waals surface area contributed by atoms with Crippen molar-refractivity contribution in [1.82, 2.24) is 10.2 Å². The van der Waals surface area contributed by atoms with E-state index in [2.05, 4.69) is 55.5 Å². The molecule has 1 aliphatic heterocycles. The maximum absolute atomic E-state index is 3.45. The van der Waals surface area contributed by atoms with E-state index < -0.39 is 0 Å². The van der Waals surface area contributed by atoms with E-state index in [0.29, 0.717) is 18.1 Å². The SMILES string of the molecule is CNC1CCN(C(C)c2cccs2)C(C)C1C. The third kappa shape index (κ3) is 2.56. The highest BCUT2D eigenvalue weighted by Gasteiger charge is 2.34. The molecule has 0 aliphatic carbocycles. The fourth-order valence-electron chi connectivity index (χ4n) is 3.04. The predicted octanol–water partition coefficient (Wildman–Crippen LogP) is 3.13. The van der Waals surface area contributed by atoms with Gasteiger partial charge in [-0.15, -0.1) is 11.3 Å². The fourth-order valence-corrected chi connectivity index (χ4v) is 3.84. The average Bonchev–Trinajstić information content (AvgIpc) is 2.85. The second-order valence-corrected chi connectivity index (χ2v) is 6.19. The first-order valence-corrected chi connectivity index (χ1v) is 7.49. The molecule has 1 aromatic rings. The smallest absolute Gasteiger partial charge is 0.0416 e. The molecular formula is C14H24N2S. The van der Waals surface area contributed by atoms with E-state index in [0.717, 1.165) is 5.92 Å². The molecular weight excluding hydrogens is 228 g/mol. The van der Waals surface area contributed by atoms with Gasteiger partial charge in [0, 0.05) is 29.5 Å². The summed E-state index contributed by atoms with van der Waals surface area (Å²) in [6.07, 6.45) is 1.26. The quantitative estimate of drug-likeness (QED) is 0.889. The molecule has 2 heterocycles. The lowest BCUT2D eigenvalue weighted by Crippen LogP contribution is -2.53. The fraction of sp³-hybridized carbons (Fsp3) is 0.714. The zero-order valence-corrected chi connectivity index (χ0v) is 12.1. The van der Waals surface area contributed by atoms with Crippen molar-refractivity contribution in [2.24, 2.45) is 5.92 Å². The lowest BCUT2D eigenvalue weighted by Gasteiger charge is -2.45. The lowest BCUT2D eigenvalue weighted by molar-refractivity contribution is 0.0557. The number of likely N-dealkylation sites (tertiary alicyclic amines) is 1. The molecule has 1 aliphatic rings. The van der Waals surface area contributed by atoms with Crippen LogP contribution in [0, 0.1) is 5.92 Å². The number of nitrogens with zero attached hydrogens (tertiary/aromatic N) is 1. The van der Waals surface area contributed by atoms with Crippen LogP contribution in [0.5, 0.6) is 0 Å². The lowest BCUT2D eigenvalue weighted by atomic mass is 9.86. The van der Waals surface area contributed by atoms with E-state index in [4.69, 9.17) is 0 Å². The van der Waals surface area contributed by atoms with Gasteiger partial charge < -0.3 is 5.32 Å². The average molecular weight is 252 g/mol. The van der Waals surface area contributed by atoms with E-state index in [9.17, 15) is 0 Å². The molecule has 1 saturated heterocycles. The Hall–Kier alpha value is -0.380. The molecule has 0 saturated carbocycles. The summed E-state index contributed by atoms with van der Waals surface area (Å²) < 4.78 is 0. The van der Waals surface area contributed by atoms with Gasteiger partial charge in [-0.25, -0.2) is 0 Å². The number of piperidine rings is 1. The van der Waals surface area contributed by atoms with Crippen LogP contribution >= 0.6 is 11.3 Å². The molecule has 0 spiro atoms. The number of hydrogen-bond acceptors (Lipinski definition) is 3. The third-order valence-corrected chi connectivity index (χ3v) is 5.48. The van der Waals surface area contributed by atoms with Gasteiger partial charge in [-0.2, -0.15) is 0 Å². The van der Waals surface area contributed by atoms with Crippen molar-refractivity contribution >= 4 is 11.3 Å². The van der Waals surface area contributed by atoms with E-state index in [1.54, 1.807) is 0 Å². The predicted molar refractivity (Wildman–Crippen MR) is 75.5 cm³/mol. The molecule has 2 nitrogen and oxygen atoms in total. The van der Waals surface area contributed by atoms with Crippen LogP contribution < -0.4 is 5.32 Å². The summed E-state index contributed by atoms with van der Waals surface area (Å²) in [7, 11) is 2.09. The van der Waals surface area contributed by atoms with Gasteiger partial charge in [0.25, 0.3) is 0 Å². The first-order chi connectivity index (χ1) is 8.15. The molecule has 1 aromatic heterocycles. The van der Waals surface area contributed by atoms with Gasteiger partial charge in [-0.1, -0.05) is 13.0 Å². The van der Waals surface area contributed by atoms with Gasteiger partial charge in [-0.3, -0.25) is 4.90 Å². The van der Waals surface area contributed by atoms with Crippen LogP contribution in [-0.2, 0) is 0 Å². The Morgan fingerprint density at radius 2 is 2.24 bits per heavy atom. The first-order valence-electron chi connectivity index (χ1n) is 6.61. The Bertz CT molecular complexity index is 336. The molecule has 17 heavy (non-hydrogen) atoms. The highest BCUT2D eigenvalue weighted by Crippen LogP contribution is 2.33. The molecule has 4 atom stereocenters. The summed E-state index contributed by atoms with van der Waals surface area (Å²) in [5.74, 6) is 0.719. The summed E-state index contributed by atoms with van der Waals surface area (Å²) in [4.78, 5) is 4.15. The summed E-state index contributed by atoms with van der Waals surface area (Å²) in [6, 6.07) is 6.31. The number of rotatable bonds is 3. The van der Waals surface area contributed by atoms with Gasteiger partial charge in [0.2, 0.25) is 0 Å². The topological polar surface area (TPSA) is 15.3 Å². The molecule has 0 radical (unpaired) electrons. The summed E-state index contributed by atoms with van der Waals surface area (Å²) in [6.45, 7) is 8.29. The second kappa shape index (κ2) is 5.51. The largest absolute Gasteiger partial charge is 0.317 e. The zero-order valence-electron chi connectivity index (χ0n) is 11.3. The minimum absolute atomic E-state index is 0.560. The van der Waals surface area contributed by atoms with E-state index in [1.165, 1.54) is 17.8 Å². The van der Waals surface area contributed by atoms with Crippen molar-refractivity contribution in [1.29, 1.82) is 0 Å². The standard InChI is InChI=1S/C14H24N2S/c1-10-11(2)16(8-7-13(10)15-4)12(3)14-6-5-9-17-14/h5-6,9-13,15H,7-8H2,1-4H3. The van der Waals surface area contributed by atoms with Crippen LogP contribution in [0.4, 0.5) is 0 Å². The molecule has 2 rings (SSSR count). The normalized spacial score (nSPS) is 32.6. The van der Waals surface area contributed by atoms with Crippen LogP contribution in [0.25, 0.3) is 0 Å². The van der Waals surface area contributed by atoms with Crippen LogP contribution in [0.1, 0.15) is 38.1 Å². The Balaban J connectivity index is 2.07. The van der Waals surface area contributed by atoms with Gasteiger partial charge in [0.1, 0.15) is 0 Å². The molecule has 4 unspecified atom stereocenters. The summed E-state index contributed by atoms with van der Waals surface area (Å²) in [5, 5.41) is 5.64. The van der Waals surface area contributed by atoms with Crippen LogP contribution in [-0.4, -0.2) is 30.6 Å².